The standard InChI is InChI=1S/C15H27N3O12P2/c16-6-3-1-2-4-8-27-31(23,24)30-32(25,26)28-9-10-12(20)13(21)14(29-10)18-7-5-11(19)17-15(18)22/h5,7,10,12-14,20-21H,1-4,6,8-9,16H2,(H,23,24)(H,25,26)(H,17,19,22)/t10-,12+,13+,14+/m1/s1. The molecule has 1 aliphatic rings. The molecule has 2 rings (SSSR count). The lowest BCUT2D eigenvalue weighted by molar-refractivity contribution is -0.0543. The number of H-pyrrole nitrogens is 1. The fraction of sp³-hybridized carbons (Fsp3) is 0.733. The number of phosphoric acid groups is 2. The highest BCUT2D eigenvalue weighted by molar-refractivity contribution is 7.61. The summed E-state index contributed by atoms with van der Waals surface area (Å²) in [7, 11) is -10.1. The van der Waals surface area contributed by atoms with Gasteiger partial charge in [0, 0.05) is 12.3 Å². The zero-order valence-corrected chi connectivity index (χ0v) is 18.7. The van der Waals surface area contributed by atoms with Gasteiger partial charge >= 0.3 is 21.3 Å². The highest BCUT2D eigenvalue weighted by Crippen LogP contribution is 2.60. The minimum Gasteiger partial charge on any atom is -0.387 e. The van der Waals surface area contributed by atoms with E-state index in [1.807, 2.05) is 4.98 Å². The van der Waals surface area contributed by atoms with Crippen LogP contribution in [0.4, 0.5) is 0 Å². The quantitative estimate of drug-likeness (QED) is 0.139. The molecule has 184 valence electrons. The summed E-state index contributed by atoms with van der Waals surface area (Å²) in [5.74, 6) is 0. The molecule has 15 nitrogen and oxygen atoms in total. The van der Waals surface area contributed by atoms with Crippen LogP contribution in [0.2, 0.25) is 0 Å². The Balaban J connectivity index is 1.88. The Morgan fingerprint density at radius 3 is 2.38 bits per heavy atom. The number of nitrogens with one attached hydrogen (secondary N) is 1. The lowest BCUT2D eigenvalue weighted by Gasteiger charge is -2.19. The topological polar surface area (TPSA) is 233 Å². The molecule has 0 amide bonds. The first kappa shape index (κ1) is 27.0. The van der Waals surface area contributed by atoms with Crippen LogP contribution in [0.25, 0.3) is 0 Å². The number of hydrogen-bond acceptors (Lipinski definition) is 11. The molecule has 0 saturated carbocycles. The Morgan fingerprint density at radius 1 is 1.06 bits per heavy atom. The third-order valence-corrected chi connectivity index (χ3v) is 7.06. The van der Waals surface area contributed by atoms with Crippen molar-refractivity contribution in [2.24, 2.45) is 5.73 Å². The van der Waals surface area contributed by atoms with Crippen LogP contribution in [0.5, 0.6) is 0 Å². The van der Waals surface area contributed by atoms with Crippen LogP contribution >= 0.6 is 15.6 Å². The average molecular weight is 503 g/mol. The zero-order valence-electron chi connectivity index (χ0n) is 16.9. The minimum atomic E-state index is -5.13. The molecule has 7 N–H and O–H groups in total. The smallest absolute Gasteiger partial charge is 0.387 e. The lowest BCUT2D eigenvalue weighted by atomic mass is 10.1. The van der Waals surface area contributed by atoms with Gasteiger partial charge in [-0.2, -0.15) is 4.31 Å². The molecule has 6 atom stereocenters. The minimum absolute atomic E-state index is 0.204. The lowest BCUT2D eigenvalue weighted by Crippen LogP contribution is -2.37. The van der Waals surface area contributed by atoms with Crippen LogP contribution in [0, 0.1) is 0 Å². The van der Waals surface area contributed by atoms with Crippen LogP contribution in [0.15, 0.2) is 21.9 Å². The normalized spacial score (nSPS) is 27.2. The number of rotatable bonds is 13. The van der Waals surface area contributed by atoms with E-state index in [0.29, 0.717) is 19.4 Å². The molecular weight excluding hydrogens is 476 g/mol. The van der Waals surface area contributed by atoms with Crippen molar-refractivity contribution in [3.8, 4) is 0 Å². The molecule has 1 saturated heterocycles. The molecule has 1 aromatic heterocycles. The number of nitrogens with two attached hydrogens (primary N) is 1. The van der Waals surface area contributed by atoms with E-state index in [1.54, 1.807) is 0 Å². The summed E-state index contributed by atoms with van der Waals surface area (Å²) in [5, 5.41) is 20.2. The van der Waals surface area contributed by atoms with Crippen LogP contribution in [-0.2, 0) is 27.2 Å². The SMILES string of the molecule is NCCCCCCOP(=O)(O)OP(=O)(O)OC[C@H]1O[C@H](n2ccc(=O)[nH]c2=O)[C@@H](O)[C@H]1O. The van der Waals surface area contributed by atoms with Crippen molar-refractivity contribution in [2.45, 2.75) is 50.2 Å². The molecule has 0 bridgehead atoms. The van der Waals surface area contributed by atoms with E-state index in [2.05, 4.69) is 13.4 Å². The summed E-state index contributed by atoms with van der Waals surface area (Å²) in [5.41, 5.74) is 3.73. The van der Waals surface area contributed by atoms with Crippen molar-refractivity contribution >= 4 is 15.6 Å². The first-order valence-electron chi connectivity index (χ1n) is 9.65. The van der Waals surface area contributed by atoms with Gasteiger partial charge in [-0.25, -0.2) is 13.9 Å². The number of aromatic amines is 1. The zero-order chi connectivity index (χ0) is 23.9. The second-order valence-corrected chi connectivity index (χ2v) is 9.96. The summed E-state index contributed by atoms with van der Waals surface area (Å²) in [4.78, 5) is 44.2. The number of hydrogen-bond donors (Lipinski definition) is 6. The van der Waals surface area contributed by atoms with Crippen molar-refractivity contribution in [3.63, 3.8) is 0 Å². The molecule has 1 fully saturated rings. The molecule has 0 aromatic carbocycles. The van der Waals surface area contributed by atoms with Gasteiger partial charge in [-0.05, 0) is 19.4 Å². The van der Waals surface area contributed by atoms with Crippen LogP contribution in [0.3, 0.4) is 0 Å². The molecule has 32 heavy (non-hydrogen) atoms. The fourth-order valence-electron chi connectivity index (χ4n) is 2.85. The van der Waals surface area contributed by atoms with Gasteiger partial charge in [0.2, 0.25) is 0 Å². The van der Waals surface area contributed by atoms with Gasteiger partial charge < -0.3 is 30.5 Å². The van der Waals surface area contributed by atoms with Crippen molar-refractivity contribution in [2.75, 3.05) is 19.8 Å². The monoisotopic (exact) mass is 503 g/mol. The van der Waals surface area contributed by atoms with Gasteiger partial charge in [0.15, 0.2) is 6.23 Å². The van der Waals surface area contributed by atoms with E-state index < -0.39 is 58.0 Å². The Bertz CT molecular complexity index is 952. The highest BCUT2D eigenvalue weighted by Gasteiger charge is 2.46. The molecular formula is C15H27N3O12P2. The molecule has 0 radical (unpaired) electrons. The molecule has 1 aliphatic heterocycles. The van der Waals surface area contributed by atoms with Crippen LogP contribution < -0.4 is 17.0 Å². The molecule has 2 unspecified atom stereocenters. The second-order valence-electron chi connectivity index (χ2n) is 6.91. The first-order valence-corrected chi connectivity index (χ1v) is 12.6. The van der Waals surface area contributed by atoms with E-state index in [1.165, 1.54) is 0 Å². The first-order chi connectivity index (χ1) is 15.0. The van der Waals surface area contributed by atoms with Crippen molar-refractivity contribution < 1.29 is 47.2 Å². The van der Waals surface area contributed by atoms with E-state index in [9.17, 15) is 38.7 Å². The van der Waals surface area contributed by atoms with Crippen molar-refractivity contribution in [3.05, 3.63) is 33.1 Å². The summed E-state index contributed by atoms with van der Waals surface area (Å²) >= 11 is 0. The van der Waals surface area contributed by atoms with E-state index in [-0.39, 0.29) is 6.61 Å². The molecule has 1 aromatic rings. The number of aromatic nitrogens is 2. The number of phosphoric ester groups is 2. The number of unbranched alkanes of at least 4 members (excludes halogenated alkanes) is 3. The second kappa shape index (κ2) is 11.8. The average Bonchev–Trinajstić information content (AvgIpc) is 2.97. The third kappa shape index (κ3) is 7.97. The number of aliphatic hydroxyl groups excluding tert-OH is 2. The summed E-state index contributed by atoms with van der Waals surface area (Å²) in [6, 6.07) is 0.987. The predicted octanol–water partition coefficient (Wildman–Crippen LogP) is -1.07. The van der Waals surface area contributed by atoms with Gasteiger partial charge in [-0.1, -0.05) is 12.8 Å². The molecule has 17 heteroatoms. The Hall–Kier alpha value is -1.22. The maximum absolute atomic E-state index is 12.0. The van der Waals surface area contributed by atoms with Crippen LogP contribution in [-0.4, -0.2) is 67.6 Å². The van der Waals surface area contributed by atoms with E-state index >= 15 is 0 Å². The van der Waals surface area contributed by atoms with Crippen molar-refractivity contribution in [1.82, 2.24) is 9.55 Å². The Kier molecular flexibility index (Phi) is 9.94. The van der Waals surface area contributed by atoms with Crippen LogP contribution in [0.1, 0.15) is 31.9 Å². The van der Waals surface area contributed by atoms with Gasteiger partial charge in [0.25, 0.3) is 5.56 Å². The van der Waals surface area contributed by atoms with E-state index in [4.69, 9.17) is 10.5 Å². The number of nitrogens with zero attached hydrogens (tertiary/aromatic N) is 1. The van der Waals surface area contributed by atoms with Gasteiger partial charge in [-0.15, -0.1) is 0 Å². The summed E-state index contributed by atoms with van der Waals surface area (Å²) < 4.78 is 43.3. The van der Waals surface area contributed by atoms with Gasteiger partial charge in [-0.3, -0.25) is 23.4 Å². The van der Waals surface area contributed by atoms with Crippen molar-refractivity contribution in [1.29, 1.82) is 0 Å². The highest BCUT2D eigenvalue weighted by atomic mass is 31.3. The summed E-state index contributed by atoms with van der Waals surface area (Å²) in [6.45, 7) is -0.531. The van der Waals surface area contributed by atoms with Gasteiger partial charge in [0.05, 0.1) is 13.2 Å². The Labute approximate surface area is 181 Å². The fourth-order valence-corrected chi connectivity index (χ4v) is 4.96. The Morgan fingerprint density at radius 2 is 1.72 bits per heavy atom. The molecule has 2 heterocycles. The number of ether oxygens (including phenoxy) is 1. The molecule has 0 aliphatic carbocycles. The number of aliphatic hydroxyl groups is 2. The summed E-state index contributed by atoms with van der Waals surface area (Å²) in [6.07, 6.45) is -2.50. The van der Waals surface area contributed by atoms with E-state index in [0.717, 1.165) is 29.7 Å². The predicted molar refractivity (Wildman–Crippen MR) is 107 cm³/mol. The van der Waals surface area contributed by atoms with Gasteiger partial charge in [0.1, 0.15) is 18.3 Å². The largest absolute Gasteiger partial charge is 0.481 e. The molecule has 0 spiro atoms. The maximum atomic E-state index is 12.0. The maximum Gasteiger partial charge on any atom is 0.481 e. The third-order valence-electron chi connectivity index (χ3n) is 4.42.